The Bertz CT molecular complexity index is 425. The van der Waals surface area contributed by atoms with Gasteiger partial charge in [0.1, 0.15) is 17.5 Å². The molecule has 0 aliphatic rings. The van der Waals surface area contributed by atoms with Crippen LogP contribution in [0.25, 0.3) is 0 Å². The Hall–Kier alpha value is -1.17. The Balaban J connectivity index is 2.70. The van der Waals surface area contributed by atoms with E-state index in [2.05, 4.69) is 34.4 Å². The van der Waals surface area contributed by atoms with Crippen molar-refractivity contribution in [3.8, 4) is 0 Å². The molecule has 0 aromatic carbocycles. The monoisotopic (exact) mass is 284 g/mol. The summed E-state index contributed by atoms with van der Waals surface area (Å²) in [5.74, 6) is 3.22. The number of aryl methyl sites for hydroxylation is 1. The lowest BCUT2D eigenvalue weighted by atomic mass is 10.2. The van der Waals surface area contributed by atoms with Crippen LogP contribution < -0.4 is 10.6 Å². The third-order valence-electron chi connectivity index (χ3n) is 2.73. The van der Waals surface area contributed by atoms with Crippen LogP contribution in [0.5, 0.6) is 0 Å². The van der Waals surface area contributed by atoms with E-state index in [1.54, 1.807) is 6.26 Å². The number of nitrogens with zero attached hydrogens (tertiary/aromatic N) is 2. The number of nitrogens with one attached hydrogen (secondary N) is 2. The zero-order valence-electron chi connectivity index (χ0n) is 12.2. The summed E-state index contributed by atoms with van der Waals surface area (Å²) in [7, 11) is 1.11. The highest BCUT2D eigenvalue weighted by molar-refractivity contribution is 7.84. The van der Waals surface area contributed by atoms with Gasteiger partial charge in [0.05, 0.1) is 0 Å². The van der Waals surface area contributed by atoms with Crippen molar-refractivity contribution in [2.45, 2.75) is 39.2 Å². The van der Waals surface area contributed by atoms with Crippen molar-refractivity contribution in [2.24, 2.45) is 0 Å². The number of hydrogen-bond acceptors (Lipinski definition) is 5. The topological polar surface area (TPSA) is 66.9 Å². The van der Waals surface area contributed by atoms with E-state index in [4.69, 9.17) is 0 Å². The molecule has 6 heteroatoms. The fourth-order valence-electron chi connectivity index (χ4n) is 1.70. The van der Waals surface area contributed by atoms with Gasteiger partial charge in [-0.15, -0.1) is 0 Å². The van der Waals surface area contributed by atoms with Gasteiger partial charge < -0.3 is 10.6 Å². The highest BCUT2D eigenvalue weighted by Gasteiger charge is 2.07. The first-order chi connectivity index (χ1) is 9.05. The molecule has 19 heavy (non-hydrogen) atoms. The van der Waals surface area contributed by atoms with E-state index in [9.17, 15) is 4.21 Å². The van der Waals surface area contributed by atoms with Crippen LogP contribution in [-0.4, -0.2) is 39.3 Å². The normalized spacial score (nSPS) is 13.9. The van der Waals surface area contributed by atoms with E-state index in [0.717, 1.165) is 36.7 Å². The van der Waals surface area contributed by atoms with E-state index in [0.29, 0.717) is 5.75 Å². The third kappa shape index (κ3) is 6.00. The van der Waals surface area contributed by atoms with Gasteiger partial charge in [0.15, 0.2) is 0 Å². The molecule has 0 saturated heterocycles. The summed E-state index contributed by atoms with van der Waals surface area (Å²) in [4.78, 5) is 8.91. The van der Waals surface area contributed by atoms with Gasteiger partial charge in [-0.05, 0) is 19.8 Å². The highest BCUT2D eigenvalue weighted by Crippen LogP contribution is 2.13. The van der Waals surface area contributed by atoms with E-state index in [-0.39, 0.29) is 6.04 Å². The lowest BCUT2D eigenvalue weighted by molar-refractivity contribution is 0.678. The number of hydrogen-bond donors (Lipinski definition) is 2. The van der Waals surface area contributed by atoms with Gasteiger partial charge in [-0.2, -0.15) is 0 Å². The van der Waals surface area contributed by atoms with Gasteiger partial charge >= 0.3 is 0 Å². The molecule has 0 bridgehead atoms. The maximum atomic E-state index is 11.1. The molecule has 2 atom stereocenters. The van der Waals surface area contributed by atoms with Crippen LogP contribution in [0.1, 0.15) is 32.5 Å². The van der Waals surface area contributed by atoms with E-state index in [1.807, 2.05) is 13.1 Å². The molecule has 5 nitrogen and oxygen atoms in total. The van der Waals surface area contributed by atoms with Gasteiger partial charge in [0.2, 0.25) is 0 Å². The SMILES string of the molecule is CCCc1nc(NC)cc(NC(C)CCS(C)=O)n1. The molecule has 0 aliphatic carbocycles. The minimum absolute atomic E-state index is 0.248. The molecule has 1 aromatic heterocycles. The van der Waals surface area contributed by atoms with E-state index < -0.39 is 10.8 Å². The van der Waals surface area contributed by atoms with Crippen molar-refractivity contribution >= 4 is 22.4 Å². The first-order valence-electron chi connectivity index (χ1n) is 6.67. The molecule has 1 rings (SSSR count). The molecule has 0 saturated carbocycles. The predicted octanol–water partition coefficient (Wildman–Crippen LogP) is 2.04. The van der Waals surface area contributed by atoms with Crippen molar-refractivity contribution in [1.29, 1.82) is 0 Å². The summed E-state index contributed by atoms with van der Waals surface area (Å²) in [6.45, 7) is 4.19. The standard InChI is InChI=1S/C13H24N4OS/c1-5-6-11-16-12(14-3)9-13(17-11)15-10(2)7-8-19(4)18/h9-10H,5-8H2,1-4H3,(H2,14,15,16,17). The Morgan fingerprint density at radius 2 is 2.05 bits per heavy atom. The van der Waals surface area contributed by atoms with Gasteiger partial charge in [0, 0.05) is 48.4 Å². The maximum Gasteiger partial charge on any atom is 0.133 e. The first-order valence-corrected chi connectivity index (χ1v) is 8.40. The van der Waals surface area contributed by atoms with Crippen LogP contribution in [0.15, 0.2) is 6.07 Å². The van der Waals surface area contributed by atoms with Crippen molar-refractivity contribution in [3.63, 3.8) is 0 Å². The van der Waals surface area contributed by atoms with Crippen LogP contribution >= 0.6 is 0 Å². The van der Waals surface area contributed by atoms with Crippen LogP contribution in [-0.2, 0) is 17.2 Å². The van der Waals surface area contributed by atoms with E-state index in [1.165, 1.54) is 0 Å². The Morgan fingerprint density at radius 1 is 1.37 bits per heavy atom. The molecule has 0 amide bonds. The molecule has 2 N–H and O–H groups in total. The third-order valence-corrected chi connectivity index (χ3v) is 3.55. The van der Waals surface area contributed by atoms with Crippen LogP contribution in [0.4, 0.5) is 11.6 Å². The van der Waals surface area contributed by atoms with Crippen molar-refractivity contribution in [3.05, 3.63) is 11.9 Å². The van der Waals surface area contributed by atoms with Crippen molar-refractivity contribution < 1.29 is 4.21 Å². The predicted molar refractivity (Wildman–Crippen MR) is 82.2 cm³/mol. The van der Waals surface area contributed by atoms with Crippen LogP contribution in [0.3, 0.4) is 0 Å². The Kier molecular flexibility index (Phi) is 6.77. The minimum atomic E-state index is -0.743. The van der Waals surface area contributed by atoms with Crippen LogP contribution in [0.2, 0.25) is 0 Å². The fourth-order valence-corrected chi connectivity index (χ4v) is 2.39. The zero-order valence-corrected chi connectivity index (χ0v) is 13.0. The average Bonchev–Trinajstić information content (AvgIpc) is 2.36. The summed E-state index contributed by atoms with van der Waals surface area (Å²) < 4.78 is 11.1. The van der Waals surface area contributed by atoms with Crippen molar-refractivity contribution in [2.75, 3.05) is 29.7 Å². The van der Waals surface area contributed by atoms with Crippen LogP contribution in [0, 0.1) is 0 Å². The van der Waals surface area contributed by atoms with Crippen molar-refractivity contribution in [1.82, 2.24) is 9.97 Å². The molecule has 0 spiro atoms. The summed E-state index contributed by atoms with van der Waals surface area (Å²) >= 11 is 0. The molecular weight excluding hydrogens is 260 g/mol. The molecule has 0 radical (unpaired) electrons. The molecule has 108 valence electrons. The summed E-state index contributed by atoms with van der Waals surface area (Å²) in [5.41, 5.74) is 0. The second-order valence-electron chi connectivity index (χ2n) is 4.67. The molecule has 2 unspecified atom stereocenters. The lowest BCUT2D eigenvalue weighted by Crippen LogP contribution is -2.19. The summed E-state index contributed by atoms with van der Waals surface area (Å²) in [6.07, 6.45) is 4.50. The molecule has 0 aliphatic heterocycles. The number of aromatic nitrogens is 2. The fraction of sp³-hybridized carbons (Fsp3) is 0.692. The molecule has 0 fully saturated rings. The number of anilines is 2. The van der Waals surface area contributed by atoms with Gasteiger partial charge in [-0.3, -0.25) is 4.21 Å². The highest BCUT2D eigenvalue weighted by atomic mass is 32.2. The molecule has 1 heterocycles. The van der Waals surface area contributed by atoms with Gasteiger partial charge in [-0.25, -0.2) is 9.97 Å². The Labute approximate surface area is 118 Å². The molecule has 1 aromatic rings. The second-order valence-corrected chi connectivity index (χ2v) is 6.22. The minimum Gasteiger partial charge on any atom is -0.373 e. The second kappa shape index (κ2) is 8.09. The lowest BCUT2D eigenvalue weighted by Gasteiger charge is -2.15. The largest absolute Gasteiger partial charge is 0.373 e. The average molecular weight is 284 g/mol. The molecular formula is C13H24N4OS. The maximum absolute atomic E-state index is 11.1. The summed E-state index contributed by atoms with van der Waals surface area (Å²) in [5, 5.41) is 6.40. The summed E-state index contributed by atoms with van der Waals surface area (Å²) in [6, 6.07) is 2.15. The zero-order chi connectivity index (χ0) is 14.3. The Morgan fingerprint density at radius 3 is 2.63 bits per heavy atom. The van der Waals surface area contributed by atoms with Gasteiger partial charge in [0.25, 0.3) is 0 Å². The quantitative estimate of drug-likeness (QED) is 0.764. The van der Waals surface area contributed by atoms with Gasteiger partial charge in [-0.1, -0.05) is 6.92 Å². The first kappa shape index (κ1) is 15.9. The number of rotatable bonds is 8. The smallest absolute Gasteiger partial charge is 0.133 e. The van der Waals surface area contributed by atoms with E-state index >= 15 is 0 Å².